The average molecular weight is 476 g/mol. The molecule has 0 unspecified atom stereocenters. The summed E-state index contributed by atoms with van der Waals surface area (Å²) in [6, 6.07) is 7.82. The van der Waals surface area contributed by atoms with Gasteiger partial charge >= 0.3 is 0 Å². The van der Waals surface area contributed by atoms with Crippen molar-refractivity contribution in [1.82, 2.24) is 29.9 Å². The number of carbonyl (C=O) groups is 1. The lowest BCUT2D eigenvalue weighted by molar-refractivity contribution is -0.120. The number of nitrogens with one attached hydrogen (secondary N) is 1. The third-order valence-electron chi connectivity index (χ3n) is 7.06. The van der Waals surface area contributed by atoms with Gasteiger partial charge in [0, 0.05) is 43.9 Å². The van der Waals surface area contributed by atoms with Gasteiger partial charge in [0.1, 0.15) is 18.0 Å². The zero-order valence-corrected chi connectivity index (χ0v) is 20.7. The molecule has 0 bridgehead atoms. The van der Waals surface area contributed by atoms with Gasteiger partial charge in [-0.25, -0.2) is 14.6 Å². The average Bonchev–Trinajstić information content (AvgIpc) is 3.22. The number of carbonyl (C=O) groups excluding carboxylic acids is 1. The molecule has 10 nitrogen and oxygen atoms in total. The fraction of sp³-hybridized carbons (Fsp3) is 0.520. The van der Waals surface area contributed by atoms with E-state index in [-0.39, 0.29) is 11.8 Å². The molecule has 0 aliphatic carbocycles. The van der Waals surface area contributed by atoms with Crippen LogP contribution >= 0.6 is 0 Å². The Labute approximate surface area is 205 Å². The zero-order valence-electron chi connectivity index (χ0n) is 20.7. The van der Waals surface area contributed by atoms with Crippen molar-refractivity contribution in [1.29, 1.82) is 0 Å². The summed E-state index contributed by atoms with van der Waals surface area (Å²) in [5.41, 5.74) is 1.98. The van der Waals surface area contributed by atoms with Gasteiger partial charge in [0.2, 0.25) is 5.91 Å². The fourth-order valence-corrected chi connectivity index (χ4v) is 4.89. The summed E-state index contributed by atoms with van der Waals surface area (Å²) in [6.45, 7) is 9.76. The zero-order chi connectivity index (χ0) is 24.4. The molecule has 3 aromatic rings. The number of hydrogen-bond donors (Lipinski definition) is 1. The third-order valence-corrected chi connectivity index (χ3v) is 7.06. The smallest absolute Gasteiger partial charge is 0.228 e. The number of hydrogen-bond acceptors (Lipinski definition) is 8. The van der Waals surface area contributed by atoms with Gasteiger partial charge in [0.25, 0.3) is 0 Å². The lowest BCUT2D eigenvalue weighted by Gasteiger charge is -2.32. The van der Waals surface area contributed by atoms with Crippen molar-refractivity contribution >= 4 is 23.4 Å². The Morgan fingerprint density at radius 1 is 0.886 bits per heavy atom. The number of aryl methyl sites for hydroxylation is 2. The van der Waals surface area contributed by atoms with E-state index >= 15 is 0 Å². The molecule has 2 saturated heterocycles. The van der Waals surface area contributed by atoms with E-state index in [1.54, 1.807) is 11.0 Å². The maximum atomic E-state index is 12.9. The van der Waals surface area contributed by atoms with Crippen LogP contribution in [0.1, 0.15) is 44.0 Å². The van der Waals surface area contributed by atoms with Gasteiger partial charge < -0.3 is 15.1 Å². The second-order valence-corrected chi connectivity index (χ2v) is 9.77. The Morgan fingerprint density at radius 3 is 2.20 bits per heavy atom. The lowest BCUT2D eigenvalue weighted by atomic mass is 9.96. The SMILES string of the molecule is Cc1cc(C)n(-c2ccc(N3CCC(C(=O)Nc4cc(N5CCC(C)CC5)ncn4)CC3)nn2)n1. The van der Waals surface area contributed by atoms with Crippen molar-refractivity contribution in [3.63, 3.8) is 0 Å². The summed E-state index contributed by atoms with van der Waals surface area (Å²) in [6.07, 6.45) is 5.39. The van der Waals surface area contributed by atoms with E-state index in [9.17, 15) is 4.79 Å². The van der Waals surface area contributed by atoms with E-state index in [4.69, 9.17) is 0 Å². The molecule has 10 heteroatoms. The van der Waals surface area contributed by atoms with Crippen LogP contribution in [0.15, 0.2) is 30.6 Å². The van der Waals surface area contributed by atoms with E-state index < -0.39 is 0 Å². The molecule has 0 aromatic carbocycles. The minimum absolute atomic E-state index is 0.0209. The van der Waals surface area contributed by atoms with Crippen LogP contribution in [0.25, 0.3) is 5.82 Å². The molecule has 1 N–H and O–H groups in total. The van der Waals surface area contributed by atoms with Crippen LogP contribution < -0.4 is 15.1 Å². The predicted octanol–water partition coefficient (Wildman–Crippen LogP) is 3.16. The van der Waals surface area contributed by atoms with Gasteiger partial charge in [-0.3, -0.25) is 4.79 Å². The molecule has 0 saturated carbocycles. The molecule has 1 amide bonds. The quantitative estimate of drug-likeness (QED) is 0.600. The second-order valence-electron chi connectivity index (χ2n) is 9.77. The highest BCUT2D eigenvalue weighted by Crippen LogP contribution is 2.25. The van der Waals surface area contributed by atoms with Crippen LogP contribution in [0, 0.1) is 25.7 Å². The molecule has 184 valence electrons. The van der Waals surface area contributed by atoms with Crippen molar-refractivity contribution in [2.45, 2.75) is 46.5 Å². The lowest BCUT2D eigenvalue weighted by Crippen LogP contribution is -2.38. The summed E-state index contributed by atoms with van der Waals surface area (Å²) in [4.78, 5) is 26.1. The Kier molecular flexibility index (Phi) is 6.61. The number of aromatic nitrogens is 6. The minimum Gasteiger partial charge on any atom is -0.356 e. The van der Waals surface area contributed by atoms with Crippen LogP contribution in [0.5, 0.6) is 0 Å². The van der Waals surface area contributed by atoms with Crippen LogP contribution in [0.3, 0.4) is 0 Å². The Hall–Kier alpha value is -3.56. The van der Waals surface area contributed by atoms with Crippen molar-refractivity contribution in [3.05, 3.63) is 42.0 Å². The van der Waals surface area contributed by atoms with E-state index in [2.05, 4.69) is 47.3 Å². The summed E-state index contributed by atoms with van der Waals surface area (Å²) < 4.78 is 1.80. The van der Waals surface area contributed by atoms with Gasteiger partial charge in [0.15, 0.2) is 11.6 Å². The second kappa shape index (κ2) is 9.97. The molecule has 3 aromatic heterocycles. The summed E-state index contributed by atoms with van der Waals surface area (Å²) >= 11 is 0. The van der Waals surface area contributed by atoms with Gasteiger partial charge in [-0.1, -0.05) is 6.92 Å². The van der Waals surface area contributed by atoms with Crippen LogP contribution in [0.2, 0.25) is 0 Å². The molecule has 35 heavy (non-hydrogen) atoms. The maximum Gasteiger partial charge on any atom is 0.228 e. The molecule has 2 fully saturated rings. The van der Waals surface area contributed by atoms with E-state index in [1.807, 2.05) is 38.1 Å². The Bertz CT molecular complexity index is 1160. The molecule has 5 heterocycles. The van der Waals surface area contributed by atoms with Crippen molar-refractivity contribution in [3.8, 4) is 5.82 Å². The highest BCUT2D eigenvalue weighted by Gasteiger charge is 2.26. The normalized spacial score (nSPS) is 17.6. The van der Waals surface area contributed by atoms with Crippen LogP contribution in [-0.2, 0) is 4.79 Å². The largest absolute Gasteiger partial charge is 0.356 e. The van der Waals surface area contributed by atoms with E-state index in [0.717, 1.165) is 68.0 Å². The summed E-state index contributed by atoms with van der Waals surface area (Å²) in [7, 11) is 0. The molecule has 5 rings (SSSR count). The highest BCUT2D eigenvalue weighted by molar-refractivity contribution is 5.92. The first-order valence-electron chi connectivity index (χ1n) is 12.5. The van der Waals surface area contributed by atoms with Crippen molar-refractivity contribution in [2.24, 2.45) is 11.8 Å². The molecule has 2 aliphatic heterocycles. The number of piperidine rings is 2. The standard InChI is InChI=1S/C25H33N9O/c1-17-6-10-33(11-7-17)24-15-21(26-16-27-24)28-25(35)20-8-12-32(13-9-20)22-4-5-23(30-29-22)34-19(3)14-18(2)31-34/h4-5,14-17,20H,6-13H2,1-3H3,(H,26,27,28,35). The number of nitrogens with zero attached hydrogens (tertiary/aromatic N) is 8. The monoisotopic (exact) mass is 475 g/mol. The highest BCUT2D eigenvalue weighted by atomic mass is 16.2. The maximum absolute atomic E-state index is 12.9. The first-order valence-corrected chi connectivity index (χ1v) is 12.5. The van der Waals surface area contributed by atoms with Crippen LogP contribution in [0.4, 0.5) is 17.5 Å². The predicted molar refractivity (Wildman–Crippen MR) is 135 cm³/mol. The fourth-order valence-electron chi connectivity index (χ4n) is 4.89. The van der Waals surface area contributed by atoms with Gasteiger partial charge in [-0.05, 0) is 63.6 Å². The summed E-state index contributed by atoms with van der Waals surface area (Å²) in [5, 5.41) is 16.3. The summed E-state index contributed by atoms with van der Waals surface area (Å²) in [5.74, 6) is 3.72. The Balaban J connectivity index is 1.15. The number of anilines is 3. The van der Waals surface area contributed by atoms with E-state index in [1.165, 1.54) is 12.8 Å². The molecule has 0 atom stereocenters. The number of rotatable bonds is 5. The molecule has 0 radical (unpaired) electrons. The first-order chi connectivity index (χ1) is 17.0. The molecule has 2 aliphatic rings. The number of amides is 1. The van der Waals surface area contributed by atoms with Crippen molar-refractivity contribution in [2.75, 3.05) is 41.3 Å². The molecular formula is C25H33N9O. The topological polar surface area (TPSA) is 105 Å². The van der Waals surface area contributed by atoms with Gasteiger partial charge in [-0.2, -0.15) is 5.10 Å². The van der Waals surface area contributed by atoms with Gasteiger partial charge in [-0.15, -0.1) is 10.2 Å². The van der Waals surface area contributed by atoms with Gasteiger partial charge in [0.05, 0.1) is 5.69 Å². The van der Waals surface area contributed by atoms with Crippen LogP contribution in [-0.4, -0.2) is 62.0 Å². The third kappa shape index (κ3) is 5.26. The minimum atomic E-state index is -0.0533. The first kappa shape index (κ1) is 23.2. The molecular weight excluding hydrogens is 442 g/mol. The van der Waals surface area contributed by atoms with E-state index in [0.29, 0.717) is 11.6 Å². The van der Waals surface area contributed by atoms with Crippen molar-refractivity contribution < 1.29 is 4.79 Å². The molecule has 0 spiro atoms. The Morgan fingerprint density at radius 2 is 1.54 bits per heavy atom.